The van der Waals surface area contributed by atoms with Gasteiger partial charge in [-0.2, -0.15) is 0 Å². The van der Waals surface area contributed by atoms with E-state index in [0.717, 1.165) is 22.5 Å². The molecule has 124 valence electrons. The lowest BCUT2D eigenvalue weighted by molar-refractivity contribution is -0.384. The molecule has 11 heteroatoms. The van der Waals surface area contributed by atoms with Crippen molar-refractivity contribution < 1.29 is 22.1 Å². The molecule has 0 radical (unpaired) electrons. The number of nitrogens with two attached hydrogens (primary N) is 1. The van der Waals surface area contributed by atoms with Crippen molar-refractivity contribution >= 4 is 21.4 Å². The van der Waals surface area contributed by atoms with Crippen LogP contribution in [0.2, 0.25) is 0 Å². The summed E-state index contributed by atoms with van der Waals surface area (Å²) in [5.74, 6) is -3.23. The van der Waals surface area contributed by atoms with Crippen LogP contribution in [0, 0.1) is 10.1 Å². The van der Waals surface area contributed by atoms with Gasteiger partial charge in [-0.15, -0.1) is 0 Å². The number of halogens is 2. The zero-order chi connectivity index (χ0) is 17.1. The van der Waals surface area contributed by atoms with E-state index in [1.54, 1.807) is 0 Å². The third-order valence-electron chi connectivity index (χ3n) is 2.78. The summed E-state index contributed by atoms with van der Waals surface area (Å²) in [5, 5.41) is 13.2. The van der Waals surface area contributed by atoms with Gasteiger partial charge in [0.1, 0.15) is 5.69 Å². The number of hydrogen-bond acceptors (Lipinski definition) is 6. The number of hydrogen-bond donors (Lipinski definition) is 2. The molecule has 22 heavy (non-hydrogen) atoms. The van der Waals surface area contributed by atoms with Gasteiger partial charge in [-0.05, 0) is 12.1 Å². The molecule has 0 heterocycles. The van der Waals surface area contributed by atoms with E-state index in [2.05, 4.69) is 5.32 Å². The van der Waals surface area contributed by atoms with Crippen molar-refractivity contribution in [2.45, 2.75) is 10.8 Å². The average Bonchev–Trinajstić information content (AvgIpc) is 2.44. The van der Waals surface area contributed by atoms with Gasteiger partial charge >= 0.3 is 0 Å². The molecule has 0 aliphatic rings. The molecule has 0 bridgehead atoms. The van der Waals surface area contributed by atoms with E-state index in [0.29, 0.717) is 0 Å². The van der Waals surface area contributed by atoms with Crippen molar-refractivity contribution in [3.63, 3.8) is 0 Å². The van der Waals surface area contributed by atoms with Crippen LogP contribution in [0.1, 0.15) is 0 Å². The number of sulfonamides is 1. The molecule has 1 aromatic carbocycles. The van der Waals surface area contributed by atoms with E-state index >= 15 is 0 Å². The fourth-order valence-electron chi connectivity index (χ4n) is 1.48. The summed E-state index contributed by atoms with van der Waals surface area (Å²) in [6.45, 7) is -1.81. The predicted molar refractivity (Wildman–Crippen MR) is 76.5 cm³/mol. The zero-order valence-electron chi connectivity index (χ0n) is 11.9. The van der Waals surface area contributed by atoms with Crippen molar-refractivity contribution in [3.8, 4) is 0 Å². The van der Waals surface area contributed by atoms with Crippen LogP contribution in [-0.2, 0) is 10.0 Å². The monoisotopic (exact) mass is 338 g/mol. The third-order valence-corrected chi connectivity index (χ3v) is 4.59. The highest BCUT2D eigenvalue weighted by Crippen LogP contribution is 2.29. The molecule has 8 nitrogen and oxygen atoms in total. The number of rotatable bonds is 7. The molecule has 0 amide bonds. The Morgan fingerprint density at radius 1 is 1.41 bits per heavy atom. The van der Waals surface area contributed by atoms with Crippen molar-refractivity contribution in [1.29, 1.82) is 0 Å². The topological polar surface area (TPSA) is 119 Å². The Hall–Kier alpha value is -1.85. The lowest BCUT2D eigenvalue weighted by Crippen LogP contribution is -2.35. The fourth-order valence-corrected chi connectivity index (χ4v) is 2.40. The normalized spacial score (nSPS) is 12.5. The Bertz CT molecular complexity index is 664. The summed E-state index contributed by atoms with van der Waals surface area (Å²) < 4.78 is 50.9. The first-order valence-electron chi connectivity index (χ1n) is 6.04. The van der Waals surface area contributed by atoms with E-state index in [9.17, 15) is 27.3 Å². The third kappa shape index (κ3) is 4.08. The van der Waals surface area contributed by atoms with Crippen LogP contribution in [0.25, 0.3) is 0 Å². The minimum atomic E-state index is -3.86. The number of nitro benzene ring substituents is 1. The Balaban J connectivity index is 3.20. The van der Waals surface area contributed by atoms with Crippen LogP contribution in [0.5, 0.6) is 0 Å². The van der Waals surface area contributed by atoms with Crippen molar-refractivity contribution in [2.75, 3.05) is 32.5 Å². The summed E-state index contributed by atoms with van der Waals surface area (Å²) >= 11 is 0. The van der Waals surface area contributed by atoms with Crippen LogP contribution < -0.4 is 11.1 Å². The summed E-state index contributed by atoms with van der Waals surface area (Å²) in [4.78, 5) is 9.85. The summed E-state index contributed by atoms with van der Waals surface area (Å²) in [6, 6.07) is 2.99. The van der Waals surface area contributed by atoms with Gasteiger partial charge in [0.2, 0.25) is 10.0 Å². The molecule has 1 aromatic rings. The number of nitrogens with one attached hydrogen (secondary N) is 1. The second-order valence-corrected chi connectivity index (χ2v) is 6.79. The highest BCUT2D eigenvalue weighted by Gasteiger charge is 2.28. The van der Waals surface area contributed by atoms with E-state index < -0.39 is 39.6 Å². The zero-order valence-corrected chi connectivity index (χ0v) is 12.7. The molecule has 0 saturated carbocycles. The lowest BCUT2D eigenvalue weighted by Gasteiger charge is -2.16. The molecule has 3 N–H and O–H groups in total. The van der Waals surface area contributed by atoms with Gasteiger partial charge in [-0.1, -0.05) is 0 Å². The molecule has 0 atom stereocenters. The van der Waals surface area contributed by atoms with Crippen LogP contribution >= 0.6 is 0 Å². The Labute approximate surface area is 126 Å². The molecule has 1 rings (SSSR count). The highest BCUT2D eigenvalue weighted by molar-refractivity contribution is 7.89. The van der Waals surface area contributed by atoms with E-state index in [1.807, 2.05) is 0 Å². The molecule has 0 spiro atoms. The van der Waals surface area contributed by atoms with Gasteiger partial charge < -0.3 is 11.1 Å². The molecule has 0 aromatic heterocycles. The maximum Gasteiger partial charge on any atom is 0.293 e. The largest absolute Gasteiger partial charge is 0.373 e. The van der Waals surface area contributed by atoms with Gasteiger partial charge in [-0.25, -0.2) is 21.5 Å². The van der Waals surface area contributed by atoms with Crippen LogP contribution in [-0.4, -0.2) is 50.8 Å². The number of anilines is 1. The minimum Gasteiger partial charge on any atom is -0.373 e. The second-order valence-electron chi connectivity index (χ2n) is 4.64. The fraction of sp³-hybridized carbons (Fsp3) is 0.455. The number of benzene rings is 1. The molecule has 0 aliphatic carbocycles. The quantitative estimate of drug-likeness (QED) is 0.562. The number of alkyl halides is 2. The average molecular weight is 338 g/mol. The molecular weight excluding hydrogens is 322 g/mol. The summed E-state index contributed by atoms with van der Waals surface area (Å²) in [5.41, 5.74) is 4.05. The first-order chi connectivity index (χ1) is 10.0. The van der Waals surface area contributed by atoms with Crippen molar-refractivity contribution in [1.82, 2.24) is 4.31 Å². The molecule has 0 saturated heterocycles. The van der Waals surface area contributed by atoms with Gasteiger partial charge in [0.25, 0.3) is 11.6 Å². The van der Waals surface area contributed by atoms with Gasteiger partial charge in [-0.3, -0.25) is 10.1 Å². The van der Waals surface area contributed by atoms with Crippen LogP contribution in [0.4, 0.5) is 20.2 Å². The Kier molecular flexibility index (Phi) is 5.38. The van der Waals surface area contributed by atoms with Crippen molar-refractivity contribution in [2.24, 2.45) is 5.73 Å². The predicted octanol–water partition coefficient (Wildman–Crippen LogP) is 0.851. The van der Waals surface area contributed by atoms with Gasteiger partial charge in [0.05, 0.1) is 22.9 Å². The van der Waals surface area contributed by atoms with E-state index in [-0.39, 0.29) is 10.6 Å². The SMILES string of the molecule is CN(C)S(=O)(=O)c1ccc(NCC(F)(F)CN)c([N+](=O)[O-])c1. The second kappa shape index (κ2) is 6.50. The molecule has 0 fully saturated rings. The number of nitro groups is 1. The smallest absolute Gasteiger partial charge is 0.293 e. The van der Waals surface area contributed by atoms with Gasteiger partial charge in [0.15, 0.2) is 0 Å². The Morgan fingerprint density at radius 3 is 2.45 bits per heavy atom. The molecular formula is C11H16F2N4O4S. The van der Waals surface area contributed by atoms with Crippen LogP contribution in [0.15, 0.2) is 23.1 Å². The van der Waals surface area contributed by atoms with E-state index in [4.69, 9.17) is 5.73 Å². The lowest BCUT2D eigenvalue weighted by atomic mass is 10.2. The standard InChI is InChI=1S/C11H16F2N4O4S/c1-16(2)22(20,21)8-3-4-9(10(5-8)17(18)19)15-7-11(12,13)6-14/h3-5,15H,6-7,14H2,1-2H3. The van der Waals surface area contributed by atoms with E-state index in [1.165, 1.54) is 14.1 Å². The maximum absolute atomic E-state index is 13.1. The number of nitrogens with zero attached hydrogens (tertiary/aromatic N) is 2. The maximum atomic E-state index is 13.1. The molecule has 0 aliphatic heterocycles. The van der Waals surface area contributed by atoms with Gasteiger partial charge in [0, 0.05) is 20.2 Å². The Morgan fingerprint density at radius 2 is 2.00 bits per heavy atom. The first-order valence-corrected chi connectivity index (χ1v) is 7.48. The summed E-state index contributed by atoms with van der Waals surface area (Å²) in [7, 11) is -1.32. The summed E-state index contributed by atoms with van der Waals surface area (Å²) in [6.07, 6.45) is 0. The van der Waals surface area contributed by atoms with Crippen LogP contribution in [0.3, 0.4) is 0 Å². The highest BCUT2D eigenvalue weighted by atomic mass is 32.2. The van der Waals surface area contributed by atoms with Crippen molar-refractivity contribution in [3.05, 3.63) is 28.3 Å². The minimum absolute atomic E-state index is 0.212. The first kappa shape index (κ1) is 18.2. The molecule has 0 unspecified atom stereocenters.